The van der Waals surface area contributed by atoms with E-state index in [2.05, 4.69) is 74.7 Å². The van der Waals surface area contributed by atoms with Gasteiger partial charge in [0.25, 0.3) is 0 Å². The topological polar surface area (TPSA) is 175 Å². The molecule has 0 aromatic heterocycles. The minimum absolute atomic E-state index is 0.123. The Balaban J connectivity index is 2.69. The number of carbonyl (C=O) groups is 2. The summed E-state index contributed by atoms with van der Waals surface area (Å²) in [5.41, 5.74) is 0. The number of aliphatic hydroxyl groups excluding tert-OH is 5. The first kappa shape index (κ1) is 71.4. The van der Waals surface area contributed by atoms with Crippen LogP contribution in [0.2, 0.25) is 0 Å². The SMILES string of the molecule is CCCCC/C=C\C/C=C\C/C=C\C/C=C\CCCCCCC(O)C(=O)NC(COC1OC(CO)C(O)C(O)C1OC(=O)CCCCCCCCCCCCCCCCC)C(O)/C=C/CCCCCCCCCCCC. The molecule has 8 atom stereocenters. The Kier molecular flexibility index (Phi) is 49.8. The third-order valence-electron chi connectivity index (χ3n) is 14.7. The third kappa shape index (κ3) is 40.5. The van der Waals surface area contributed by atoms with Crippen molar-refractivity contribution in [2.75, 3.05) is 13.2 Å². The molecule has 1 heterocycles. The first-order chi connectivity index (χ1) is 37.2. The van der Waals surface area contributed by atoms with Crippen molar-refractivity contribution in [1.29, 1.82) is 0 Å². The minimum Gasteiger partial charge on any atom is -0.454 e. The van der Waals surface area contributed by atoms with E-state index in [0.29, 0.717) is 12.8 Å². The predicted octanol–water partition coefficient (Wildman–Crippen LogP) is 15.0. The zero-order valence-corrected chi connectivity index (χ0v) is 48.9. The first-order valence-electron chi connectivity index (χ1n) is 31.6. The monoisotopic (exact) mass is 1070 g/mol. The van der Waals surface area contributed by atoms with Crippen LogP contribution in [0.3, 0.4) is 0 Å². The molecule has 0 aliphatic carbocycles. The third-order valence-corrected chi connectivity index (χ3v) is 14.7. The number of unbranched alkanes of at least 4 members (excludes halogenated alkanes) is 31. The molecule has 0 radical (unpaired) electrons. The molecule has 11 nitrogen and oxygen atoms in total. The minimum atomic E-state index is -1.62. The van der Waals surface area contributed by atoms with E-state index in [4.69, 9.17) is 14.2 Å². The predicted molar refractivity (Wildman–Crippen MR) is 315 cm³/mol. The van der Waals surface area contributed by atoms with Crippen LogP contribution in [0.4, 0.5) is 0 Å². The molecule has 11 heteroatoms. The van der Waals surface area contributed by atoms with Crippen LogP contribution >= 0.6 is 0 Å². The summed E-state index contributed by atoms with van der Waals surface area (Å²) in [4.78, 5) is 26.5. The van der Waals surface area contributed by atoms with Crippen molar-refractivity contribution in [3.05, 3.63) is 60.8 Å². The van der Waals surface area contributed by atoms with Crippen LogP contribution in [0.15, 0.2) is 60.8 Å². The number of rotatable bonds is 53. The highest BCUT2D eigenvalue weighted by atomic mass is 16.7. The number of ether oxygens (including phenoxy) is 3. The maximum absolute atomic E-state index is 13.4. The van der Waals surface area contributed by atoms with Gasteiger partial charge in [-0.15, -0.1) is 0 Å². The van der Waals surface area contributed by atoms with E-state index < -0.39 is 67.4 Å². The van der Waals surface area contributed by atoms with Gasteiger partial charge in [0.15, 0.2) is 12.4 Å². The van der Waals surface area contributed by atoms with Gasteiger partial charge in [-0.3, -0.25) is 9.59 Å². The Morgan fingerprint density at radius 2 is 0.908 bits per heavy atom. The van der Waals surface area contributed by atoms with Crippen LogP contribution in [-0.4, -0.2) is 99.6 Å². The molecule has 442 valence electrons. The average molecular weight is 1070 g/mol. The van der Waals surface area contributed by atoms with Gasteiger partial charge in [-0.25, -0.2) is 0 Å². The van der Waals surface area contributed by atoms with Gasteiger partial charge in [-0.2, -0.15) is 0 Å². The van der Waals surface area contributed by atoms with Crippen molar-refractivity contribution in [1.82, 2.24) is 5.32 Å². The quantitative estimate of drug-likeness (QED) is 0.0195. The summed E-state index contributed by atoms with van der Waals surface area (Å²) >= 11 is 0. The lowest BCUT2D eigenvalue weighted by Crippen LogP contribution is -2.61. The number of hydrogen-bond donors (Lipinski definition) is 6. The van der Waals surface area contributed by atoms with Gasteiger partial charge in [-0.05, 0) is 70.6 Å². The van der Waals surface area contributed by atoms with Gasteiger partial charge in [0.1, 0.15) is 24.4 Å². The molecule has 76 heavy (non-hydrogen) atoms. The summed E-state index contributed by atoms with van der Waals surface area (Å²) in [6, 6.07) is -1.03. The molecule has 6 N–H and O–H groups in total. The highest BCUT2D eigenvalue weighted by Crippen LogP contribution is 2.26. The Bertz CT molecular complexity index is 1460. The van der Waals surface area contributed by atoms with E-state index in [1.54, 1.807) is 6.08 Å². The zero-order valence-electron chi connectivity index (χ0n) is 48.9. The molecular weight excluding hydrogens is 955 g/mol. The number of esters is 1. The first-order valence-corrected chi connectivity index (χ1v) is 31.6. The number of allylic oxidation sites excluding steroid dienone is 9. The molecule has 1 fully saturated rings. The average Bonchev–Trinajstić information content (AvgIpc) is 3.42. The summed E-state index contributed by atoms with van der Waals surface area (Å²) in [6.45, 7) is 5.76. The Hall–Kier alpha value is -2.64. The number of hydrogen-bond acceptors (Lipinski definition) is 10. The second-order valence-corrected chi connectivity index (χ2v) is 21.8. The molecule has 1 rings (SSSR count). The molecular formula is C65H117NO10. The zero-order chi connectivity index (χ0) is 55.4. The van der Waals surface area contributed by atoms with Gasteiger partial charge in [-0.1, -0.05) is 261 Å². The largest absolute Gasteiger partial charge is 0.454 e. The molecule has 0 bridgehead atoms. The van der Waals surface area contributed by atoms with E-state index in [1.807, 2.05) is 6.08 Å². The summed E-state index contributed by atoms with van der Waals surface area (Å²) in [5, 5.41) is 57.0. The van der Waals surface area contributed by atoms with Crippen molar-refractivity contribution < 1.29 is 49.3 Å². The smallest absolute Gasteiger partial charge is 0.306 e. The lowest BCUT2D eigenvalue weighted by molar-refractivity contribution is -0.305. The van der Waals surface area contributed by atoms with E-state index in [0.717, 1.165) is 83.5 Å². The van der Waals surface area contributed by atoms with Gasteiger partial charge in [0.2, 0.25) is 5.91 Å². The van der Waals surface area contributed by atoms with Crippen molar-refractivity contribution >= 4 is 11.9 Å². The molecule has 0 saturated carbocycles. The van der Waals surface area contributed by atoms with Crippen molar-refractivity contribution in [3.63, 3.8) is 0 Å². The molecule has 0 spiro atoms. The summed E-state index contributed by atoms with van der Waals surface area (Å²) in [6.07, 6.45) is 55.4. The lowest BCUT2D eigenvalue weighted by atomic mass is 9.99. The maximum atomic E-state index is 13.4. The molecule has 1 saturated heterocycles. The molecule has 1 aliphatic rings. The molecule has 0 aromatic rings. The van der Waals surface area contributed by atoms with Gasteiger partial charge < -0.3 is 45.1 Å². The highest BCUT2D eigenvalue weighted by Gasteiger charge is 2.47. The lowest BCUT2D eigenvalue weighted by Gasteiger charge is -2.41. The van der Waals surface area contributed by atoms with E-state index in [9.17, 15) is 35.1 Å². The number of amides is 1. The Morgan fingerprint density at radius 3 is 1.38 bits per heavy atom. The fourth-order valence-corrected chi connectivity index (χ4v) is 9.64. The maximum Gasteiger partial charge on any atom is 0.306 e. The van der Waals surface area contributed by atoms with Crippen molar-refractivity contribution in [2.24, 2.45) is 0 Å². The van der Waals surface area contributed by atoms with Crippen LogP contribution in [0.25, 0.3) is 0 Å². The fraction of sp³-hybridized carbons (Fsp3) is 0.815. The summed E-state index contributed by atoms with van der Waals surface area (Å²) in [7, 11) is 0. The van der Waals surface area contributed by atoms with Gasteiger partial charge in [0.05, 0.1) is 25.4 Å². The Labute approximate surface area is 465 Å². The van der Waals surface area contributed by atoms with Crippen molar-refractivity contribution in [3.8, 4) is 0 Å². The van der Waals surface area contributed by atoms with Crippen LogP contribution in [0.5, 0.6) is 0 Å². The molecule has 0 aromatic carbocycles. The van der Waals surface area contributed by atoms with E-state index >= 15 is 0 Å². The van der Waals surface area contributed by atoms with Gasteiger partial charge >= 0.3 is 5.97 Å². The van der Waals surface area contributed by atoms with E-state index in [-0.39, 0.29) is 19.4 Å². The second-order valence-electron chi connectivity index (χ2n) is 21.8. The molecule has 8 unspecified atom stereocenters. The molecule has 1 amide bonds. The van der Waals surface area contributed by atoms with Crippen LogP contribution in [0.1, 0.15) is 278 Å². The van der Waals surface area contributed by atoms with Gasteiger partial charge in [0, 0.05) is 6.42 Å². The second kappa shape index (κ2) is 53.0. The van der Waals surface area contributed by atoms with E-state index in [1.165, 1.54) is 148 Å². The fourth-order valence-electron chi connectivity index (χ4n) is 9.64. The number of carbonyl (C=O) groups excluding carboxylic acids is 2. The van der Waals surface area contributed by atoms with Crippen LogP contribution < -0.4 is 5.32 Å². The summed E-state index contributed by atoms with van der Waals surface area (Å²) < 4.78 is 17.6. The number of nitrogens with one attached hydrogen (secondary N) is 1. The summed E-state index contributed by atoms with van der Waals surface area (Å²) in [5.74, 6) is -1.21. The van der Waals surface area contributed by atoms with Crippen molar-refractivity contribution in [2.45, 2.75) is 327 Å². The standard InChI is InChI=1S/C65H117NO10/c1-4-7-10-13-16-19-22-25-27-28-29-30-31-33-34-37-40-43-46-49-52-58(69)64(73)66-56(57(68)51-48-45-42-39-36-24-21-18-15-12-9-6-3)55-74-65-63(62(72)61(71)59(54-67)75-65)76-60(70)53-50-47-44-41-38-35-32-26-23-20-17-14-11-8-5-2/h16,19,25,27,29-30,33-34,48,51,56-59,61-63,65,67-69,71-72H,4-15,17-18,20-24,26,28,31-32,35-47,49-50,52-55H2,1-3H3,(H,66,73)/b19-16-,27-25-,30-29-,34-33-,51-48+. The Morgan fingerprint density at radius 1 is 0.513 bits per heavy atom. The molecule has 1 aliphatic heterocycles. The number of aliphatic hydroxyl groups is 5. The van der Waals surface area contributed by atoms with Crippen LogP contribution in [-0.2, 0) is 23.8 Å². The highest BCUT2D eigenvalue weighted by molar-refractivity contribution is 5.80. The van der Waals surface area contributed by atoms with Crippen LogP contribution in [0, 0.1) is 0 Å². The normalized spacial score (nSPS) is 19.5.